The minimum absolute atomic E-state index is 0.00428. The van der Waals surface area contributed by atoms with Crippen LogP contribution in [0.4, 0.5) is 0 Å². The van der Waals surface area contributed by atoms with E-state index in [4.69, 9.17) is 5.10 Å². The fourth-order valence-electron chi connectivity index (χ4n) is 2.00. The first-order valence-corrected chi connectivity index (χ1v) is 7.23. The molecule has 0 bridgehead atoms. The molecule has 0 saturated carbocycles. The minimum atomic E-state index is -0.00428. The third-order valence-corrected chi connectivity index (χ3v) is 3.77. The van der Waals surface area contributed by atoms with E-state index in [9.17, 15) is 0 Å². The van der Waals surface area contributed by atoms with Crippen molar-refractivity contribution in [3.63, 3.8) is 0 Å². The van der Waals surface area contributed by atoms with E-state index in [0.29, 0.717) is 5.75 Å². The van der Waals surface area contributed by atoms with Gasteiger partial charge in [-0.25, -0.2) is 0 Å². The second kappa shape index (κ2) is 5.04. The van der Waals surface area contributed by atoms with E-state index < -0.39 is 0 Å². The SMILES string of the molecule is Cc1ccc(-c2nn(C(C)(C)C)cc2CS)cc1C. The molecule has 0 saturated heterocycles. The van der Waals surface area contributed by atoms with E-state index in [1.54, 1.807) is 0 Å². The lowest BCUT2D eigenvalue weighted by atomic mass is 10.0. The van der Waals surface area contributed by atoms with Gasteiger partial charge in [0, 0.05) is 23.1 Å². The highest BCUT2D eigenvalue weighted by atomic mass is 32.1. The molecule has 2 aromatic rings. The maximum atomic E-state index is 4.76. The van der Waals surface area contributed by atoms with Gasteiger partial charge in [-0.1, -0.05) is 12.1 Å². The number of nitrogens with zero attached hydrogens (tertiary/aromatic N) is 2. The Kier molecular flexibility index (Phi) is 3.77. The molecule has 2 nitrogen and oxygen atoms in total. The lowest BCUT2D eigenvalue weighted by Crippen LogP contribution is -2.22. The molecule has 0 amide bonds. The number of rotatable bonds is 2. The predicted molar refractivity (Wildman–Crippen MR) is 84.8 cm³/mol. The molecule has 0 N–H and O–H groups in total. The normalized spacial score (nSPS) is 11.9. The van der Waals surface area contributed by atoms with Gasteiger partial charge in [-0.05, 0) is 51.8 Å². The Morgan fingerprint density at radius 3 is 2.37 bits per heavy atom. The van der Waals surface area contributed by atoms with Crippen LogP contribution in [0.15, 0.2) is 24.4 Å². The van der Waals surface area contributed by atoms with Crippen molar-refractivity contribution in [2.45, 2.75) is 45.9 Å². The second-order valence-corrected chi connectivity index (χ2v) is 6.39. The summed E-state index contributed by atoms with van der Waals surface area (Å²) < 4.78 is 2.03. The summed E-state index contributed by atoms with van der Waals surface area (Å²) in [6.45, 7) is 10.7. The molecule has 0 aliphatic heterocycles. The van der Waals surface area contributed by atoms with Gasteiger partial charge in [-0.3, -0.25) is 4.68 Å². The number of aromatic nitrogens is 2. The van der Waals surface area contributed by atoms with Crippen molar-refractivity contribution in [1.29, 1.82) is 0 Å². The van der Waals surface area contributed by atoms with E-state index in [2.05, 4.69) is 71.6 Å². The fraction of sp³-hybridized carbons (Fsp3) is 0.438. The molecule has 0 atom stereocenters. The van der Waals surface area contributed by atoms with Crippen LogP contribution in [0.2, 0.25) is 0 Å². The van der Waals surface area contributed by atoms with Crippen molar-refractivity contribution >= 4 is 12.6 Å². The first-order valence-electron chi connectivity index (χ1n) is 6.60. The molecule has 1 aromatic carbocycles. The summed E-state index contributed by atoms with van der Waals surface area (Å²) in [5.41, 5.74) is 6.01. The van der Waals surface area contributed by atoms with Crippen molar-refractivity contribution in [1.82, 2.24) is 9.78 Å². The van der Waals surface area contributed by atoms with Gasteiger partial charge in [0.05, 0.1) is 11.2 Å². The van der Waals surface area contributed by atoms with Crippen LogP contribution >= 0.6 is 12.6 Å². The fourth-order valence-corrected chi connectivity index (χ4v) is 2.23. The summed E-state index contributed by atoms with van der Waals surface area (Å²) in [7, 11) is 0. The van der Waals surface area contributed by atoms with E-state index in [0.717, 1.165) is 5.69 Å². The zero-order chi connectivity index (χ0) is 14.2. The average Bonchev–Trinajstić information content (AvgIpc) is 2.76. The lowest BCUT2D eigenvalue weighted by molar-refractivity contribution is 0.356. The van der Waals surface area contributed by atoms with Crippen LogP contribution in [0.1, 0.15) is 37.5 Å². The third kappa shape index (κ3) is 2.86. The minimum Gasteiger partial charge on any atom is -0.267 e. The molecular formula is C16H22N2S. The molecule has 2 rings (SSSR count). The molecule has 3 heteroatoms. The molecule has 0 unspecified atom stereocenters. The third-order valence-electron chi connectivity index (χ3n) is 3.43. The van der Waals surface area contributed by atoms with Gasteiger partial charge >= 0.3 is 0 Å². The maximum absolute atomic E-state index is 4.76. The first-order chi connectivity index (χ1) is 8.82. The van der Waals surface area contributed by atoms with Crippen LogP contribution in [0.5, 0.6) is 0 Å². The highest BCUT2D eigenvalue weighted by Crippen LogP contribution is 2.27. The Bertz CT molecular complexity index is 591. The predicted octanol–water partition coefficient (Wildman–Crippen LogP) is 4.35. The standard InChI is InChI=1S/C16H22N2S/c1-11-6-7-13(8-12(11)2)15-14(10-19)9-18(17-15)16(3,4)5/h6-9,19H,10H2,1-5H3. The van der Waals surface area contributed by atoms with Crippen molar-refractivity contribution in [2.75, 3.05) is 0 Å². The van der Waals surface area contributed by atoms with E-state index >= 15 is 0 Å². The van der Waals surface area contributed by atoms with Crippen LogP contribution in [0, 0.1) is 13.8 Å². The summed E-state index contributed by atoms with van der Waals surface area (Å²) in [5.74, 6) is 0.707. The molecule has 0 aliphatic carbocycles. The molecule has 1 aromatic heterocycles. The second-order valence-electron chi connectivity index (χ2n) is 6.08. The highest BCUT2D eigenvalue weighted by molar-refractivity contribution is 7.79. The molecular weight excluding hydrogens is 252 g/mol. The number of benzene rings is 1. The first kappa shape index (κ1) is 14.2. The Morgan fingerprint density at radius 2 is 1.84 bits per heavy atom. The molecule has 102 valence electrons. The number of thiol groups is 1. The number of hydrogen-bond acceptors (Lipinski definition) is 2. The van der Waals surface area contributed by atoms with Gasteiger partial charge in [-0.2, -0.15) is 17.7 Å². The Labute approximate surface area is 121 Å². The van der Waals surface area contributed by atoms with E-state index in [-0.39, 0.29) is 5.54 Å². The van der Waals surface area contributed by atoms with Crippen molar-refractivity contribution in [2.24, 2.45) is 0 Å². The van der Waals surface area contributed by atoms with Gasteiger partial charge in [0.1, 0.15) is 0 Å². The monoisotopic (exact) mass is 274 g/mol. The van der Waals surface area contributed by atoms with E-state index in [1.165, 1.54) is 22.3 Å². The summed E-state index contributed by atoms with van der Waals surface area (Å²) in [6.07, 6.45) is 2.11. The molecule has 0 fully saturated rings. The lowest BCUT2D eigenvalue weighted by Gasteiger charge is -2.18. The van der Waals surface area contributed by atoms with Crippen LogP contribution in [-0.4, -0.2) is 9.78 Å². The van der Waals surface area contributed by atoms with Crippen LogP contribution in [0.3, 0.4) is 0 Å². The van der Waals surface area contributed by atoms with Crippen molar-refractivity contribution < 1.29 is 0 Å². The summed E-state index contributed by atoms with van der Waals surface area (Å²) in [5, 5.41) is 4.76. The molecule has 0 spiro atoms. The zero-order valence-electron chi connectivity index (χ0n) is 12.4. The zero-order valence-corrected chi connectivity index (χ0v) is 13.3. The quantitative estimate of drug-likeness (QED) is 0.806. The highest BCUT2D eigenvalue weighted by Gasteiger charge is 2.18. The molecule has 19 heavy (non-hydrogen) atoms. The number of hydrogen-bond donors (Lipinski definition) is 1. The van der Waals surface area contributed by atoms with Crippen LogP contribution < -0.4 is 0 Å². The molecule has 0 aliphatic rings. The maximum Gasteiger partial charge on any atom is 0.0963 e. The topological polar surface area (TPSA) is 17.8 Å². The largest absolute Gasteiger partial charge is 0.267 e. The van der Waals surface area contributed by atoms with Gasteiger partial charge in [-0.15, -0.1) is 0 Å². The van der Waals surface area contributed by atoms with Gasteiger partial charge in [0.15, 0.2) is 0 Å². The van der Waals surface area contributed by atoms with Crippen LogP contribution in [-0.2, 0) is 11.3 Å². The van der Waals surface area contributed by atoms with Gasteiger partial charge in [0.2, 0.25) is 0 Å². The van der Waals surface area contributed by atoms with Gasteiger partial charge in [0.25, 0.3) is 0 Å². The van der Waals surface area contributed by atoms with Gasteiger partial charge < -0.3 is 0 Å². The molecule has 1 heterocycles. The number of aryl methyl sites for hydroxylation is 2. The van der Waals surface area contributed by atoms with Crippen molar-refractivity contribution in [3.05, 3.63) is 41.1 Å². The average molecular weight is 274 g/mol. The summed E-state index contributed by atoms with van der Waals surface area (Å²) in [6, 6.07) is 6.51. The molecule has 0 radical (unpaired) electrons. The summed E-state index contributed by atoms with van der Waals surface area (Å²) in [4.78, 5) is 0. The van der Waals surface area contributed by atoms with Crippen LogP contribution in [0.25, 0.3) is 11.3 Å². The Balaban J connectivity index is 2.54. The Hall–Kier alpha value is -1.22. The van der Waals surface area contributed by atoms with Crippen molar-refractivity contribution in [3.8, 4) is 11.3 Å². The van der Waals surface area contributed by atoms with E-state index in [1.807, 2.05) is 4.68 Å². The summed E-state index contributed by atoms with van der Waals surface area (Å²) >= 11 is 4.43. The Morgan fingerprint density at radius 1 is 1.16 bits per heavy atom. The smallest absolute Gasteiger partial charge is 0.0963 e.